The van der Waals surface area contributed by atoms with E-state index in [0.717, 1.165) is 16.9 Å². The van der Waals surface area contributed by atoms with Crippen LogP contribution < -0.4 is 5.32 Å². The summed E-state index contributed by atoms with van der Waals surface area (Å²) < 4.78 is 0. The molecule has 0 aliphatic heterocycles. The molecule has 0 aliphatic carbocycles. The molecule has 0 bridgehead atoms. The molecule has 26 heavy (non-hydrogen) atoms. The third kappa shape index (κ3) is 5.78. The van der Waals surface area contributed by atoms with Gasteiger partial charge in [0.2, 0.25) is 5.91 Å². The van der Waals surface area contributed by atoms with Crippen LogP contribution in [-0.4, -0.2) is 11.2 Å². The van der Waals surface area contributed by atoms with Gasteiger partial charge in [-0.15, -0.1) is 11.8 Å². The lowest BCUT2D eigenvalue weighted by Crippen LogP contribution is -2.34. The Morgan fingerprint density at radius 3 is 2.15 bits per heavy atom. The Balaban J connectivity index is 2.00. The Kier molecular flexibility index (Phi) is 7.19. The van der Waals surface area contributed by atoms with Gasteiger partial charge in [-0.3, -0.25) is 4.79 Å². The maximum atomic E-state index is 12.7. The van der Waals surface area contributed by atoms with E-state index in [4.69, 9.17) is 11.6 Å². The van der Waals surface area contributed by atoms with Crippen LogP contribution in [0.25, 0.3) is 0 Å². The van der Waals surface area contributed by atoms with Crippen molar-refractivity contribution in [1.82, 2.24) is 5.32 Å². The molecule has 1 amide bonds. The summed E-state index contributed by atoms with van der Waals surface area (Å²) in [7, 11) is 0. The summed E-state index contributed by atoms with van der Waals surface area (Å²) in [5.41, 5.74) is 2.55. The van der Waals surface area contributed by atoms with E-state index < -0.39 is 0 Å². The van der Waals surface area contributed by atoms with E-state index in [0.29, 0.717) is 5.02 Å². The summed E-state index contributed by atoms with van der Waals surface area (Å²) >= 11 is 7.51. The lowest BCUT2D eigenvalue weighted by atomic mass is 9.86. The molecule has 0 saturated carbocycles. The number of amides is 1. The van der Waals surface area contributed by atoms with Gasteiger partial charge in [0.15, 0.2) is 0 Å². The van der Waals surface area contributed by atoms with E-state index in [9.17, 15) is 4.79 Å². The molecular formula is C22H28ClNOS. The number of carbonyl (C=O) groups is 1. The minimum atomic E-state index is -0.118. The van der Waals surface area contributed by atoms with Gasteiger partial charge in [-0.2, -0.15) is 0 Å². The van der Waals surface area contributed by atoms with Crippen LogP contribution in [0, 0.1) is 0 Å². The van der Waals surface area contributed by atoms with Crippen molar-refractivity contribution in [2.45, 2.75) is 62.6 Å². The average molecular weight is 390 g/mol. The van der Waals surface area contributed by atoms with Crippen molar-refractivity contribution in [2.75, 3.05) is 0 Å². The molecule has 0 radical (unpaired) electrons. The number of benzene rings is 2. The molecule has 2 aromatic carbocycles. The zero-order chi connectivity index (χ0) is 19.3. The zero-order valence-electron chi connectivity index (χ0n) is 16.2. The molecule has 2 atom stereocenters. The largest absolute Gasteiger partial charge is 0.349 e. The van der Waals surface area contributed by atoms with Crippen LogP contribution >= 0.6 is 23.4 Å². The molecule has 2 aromatic rings. The highest BCUT2D eigenvalue weighted by atomic mass is 35.5. The minimum Gasteiger partial charge on any atom is -0.349 e. The first-order chi connectivity index (χ1) is 12.2. The van der Waals surface area contributed by atoms with Crippen LogP contribution in [0.2, 0.25) is 5.02 Å². The van der Waals surface area contributed by atoms with Gasteiger partial charge in [0.1, 0.15) is 0 Å². The Morgan fingerprint density at radius 2 is 1.65 bits per heavy atom. The van der Waals surface area contributed by atoms with Crippen LogP contribution in [0.1, 0.15) is 58.2 Å². The van der Waals surface area contributed by atoms with Gasteiger partial charge in [0.25, 0.3) is 0 Å². The fourth-order valence-corrected chi connectivity index (χ4v) is 3.75. The molecular weight excluding hydrogens is 362 g/mol. The topological polar surface area (TPSA) is 29.1 Å². The number of nitrogens with one attached hydrogen (secondary N) is 1. The number of hydrogen-bond acceptors (Lipinski definition) is 2. The fourth-order valence-electron chi connectivity index (χ4n) is 2.66. The highest BCUT2D eigenvalue weighted by molar-refractivity contribution is 8.00. The maximum Gasteiger partial charge on any atom is 0.233 e. The highest BCUT2D eigenvalue weighted by Crippen LogP contribution is 2.28. The van der Waals surface area contributed by atoms with Gasteiger partial charge < -0.3 is 5.32 Å². The molecule has 0 spiro atoms. The van der Waals surface area contributed by atoms with Crippen LogP contribution in [0.15, 0.2) is 53.4 Å². The normalized spacial score (nSPS) is 13.9. The van der Waals surface area contributed by atoms with Gasteiger partial charge in [-0.25, -0.2) is 0 Å². The number of halogens is 1. The summed E-state index contributed by atoms with van der Waals surface area (Å²) in [6, 6.07) is 16.1. The third-order valence-corrected chi connectivity index (χ3v) is 6.02. The van der Waals surface area contributed by atoms with Crippen molar-refractivity contribution in [1.29, 1.82) is 0 Å². The highest BCUT2D eigenvalue weighted by Gasteiger charge is 2.20. The van der Waals surface area contributed by atoms with Crippen LogP contribution in [0.5, 0.6) is 0 Å². The van der Waals surface area contributed by atoms with Gasteiger partial charge in [0.05, 0.1) is 11.3 Å². The summed E-state index contributed by atoms with van der Waals surface area (Å²) in [6.45, 7) is 10.7. The first kappa shape index (κ1) is 20.9. The molecule has 0 aliphatic rings. The second-order valence-corrected chi connectivity index (χ2v) is 9.28. The third-order valence-electron chi connectivity index (χ3n) is 4.39. The Bertz CT molecular complexity index is 719. The standard InChI is InChI=1S/C22H28ClNOS/c1-6-20(26-19-13-11-18(23)12-14-19)21(25)24-15(2)16-7-9-17(10-8-16)22(3,4)5/h7-15,20H,6H2,1-5H3,(H,24,25)/t15-,20-/m1/s1. The molecule has 0 aromatic heterocycles. The van der Waals surface area contributed by atoms with Crippen molar-refractivity contribution in [2.24, 2.45) is 0 Å². The van der Waals surface area contributed by atoms with Gasteiger partial charge in [-0.1, -0.05) is 63.6 Å². The number of hydrogen-bond donors (Lipinski definition) is 1. The molecule has 4 heteroatoms. The predicted molar refractivity (Wildman–Crippen MR) is 113 cm³/mol. The smallest absolute Gasteiger partial charge is 0.233 e. The summed E-state index contributed by atoms with van der Waals surface area (Å²) in [4.78, 5) is 13.8. The number of rotatable bonds is 6. The molecule has 0 unspecified atom stereocenters. The van der Waals surface area contributed by atoms with E-state index in [1.165, 1.54) is 5.56 Å². The zero-order valence-corrected chi connectivity index (χ0v) is 17.7. The first-order valence-corrected chi connectivity index (χ1v) is 10.3. The van der Waals surface area contributed by atoms with E-state index >= 15 is 0 Å². The first-order valence-electron chi connectivity index (χ1n) is 9.03. The SMILES string of the molecule is CC[C@@H](Sc1ccc(Cl)cc1)C(=O)N[C@H](C)c1ccc(C(C)(C)C)cc1. The van der Waals surface area contributed by atoms with Gasteiger partial charge in [0, 0.05) is 9.92 Å². The maximum absolute atomic E-state index is 12.7. The van der Waals surface area contributed by atoms with Crippen molar-refractivity contribution in [3.63, 3.8) is 0 Å². The fraction of sp³-hybridized carbons (Fsp3) is 0.409. The van der Waals surface area contributed by atoms with Crippen LogP contribution in [-0.2, 0) is 10.2 Å². The quantitative estimate of drug-likeness (QED) is 0.580. The molecule has 2 rings (SSSR count). The van der Waals surface area contributed by atoms with Gasteiger partial charge in [-0.05, 0) is 54.2 Å². The minimum absolute atomic E-state index is 0.0172. The van der Waals surface area contributed by atoms with Crippen molar-refractivity contribution < 1.29 is 4.79 Å². The second-order valence-electron chi connectivity index (χ2n) is 7.57. The Morgan fingerprint density at radius 1 is 1.08 bits per heavy atom. The number of thioether (sulfide) groups is 1. The van der Waals surface area contributed by atoms with E-state index in [1.807, 2.05) is 38.1 Å². The molecule has 140 valence electrons. The lowest BCUT2D eigenvalue weighted by Gasteiger charge is -2.22. The number of carbonyl (C=O) groups excluding carboxylic acids is 1. The monoisotopic (exact) mass is 389 g/mol. The Labute approximate surface area is 166 Å². The van der Waals surface area contributed by atoms with Crippen LogP contribution in [0.4, 0.5) is 0 Å². The molecule has 2 nitrogen and oxygen atoms in total. The summed E-state index contributed by atoms with van der Waals surface area (Å²) in [6.07, 6.45) is 0.773. The van der Waals surface area contributed by atoms with E-state index in [1.54, 1.807) is 11.8 Å². The summed E-state index contributed by atoms with van der Waals surface area (Å²) in [5, 5.41) is 3.74. The van der Waals surface area contributed by atoms with Crippen molar-refractivity contribution >= 4 is 29.3 Å². The van der Waals surface area contributed by atoms with Gasteiger partial charge >= 0.3 is 0 Å². The molecule has 0 heterocycles. The second kappa shape index (κ2) is 8.96. The van der Waals surface area contributed by atoms with Crippen molar-refractivity contribution in [3.8, 4) is 0 Å². The average Bonchev–Trinajstić information content (AvgIpc) is 2.60. The molecule has 1 N–H and O–H groups in total. The molecule has 0 saturated heterocycles. The lowest BCUT2D eigenvalue weighted by molar-refractivity contribution is -0.121. The molecule has 0 fully saturated rings. The van der Waals surface area contributed by atoms with E-state index in [-0.39, 0.29) is 22.6 Å². The van der Waals surface area contributed by atoms with Crippen molar-refractivity contribution in [3.05, 3.63) is 64.7 Å². The predicted octanol–water partition coefficient (Wildman–Crippen LogP) is 6.39. The van der Waals surface area contributed by atoms with E-state index in [2.05, 4.69) is 50.4 Å². The van der Waals surface area contributed by atoms with Crippen LogP contribution in [0.3, 0.4) is 0 Å². The summed E-state index contributed by atoms with van der Waals surface area (Å²) in [5.74, 6) is 0.0693. The Hall–Kier alpha value is -1.45.